The predicted octanol–water partition coefficient (Wildman–Crippen LogP) is 5.07. The molecular weight excluding hydrogens is 428 g/mol. The second-order valence-electron chi connectivity index (χ2n) is 7.12. The fourth-order valence-corrected chi connectivity index (χ4v) is 3.17. The molecule has 0 aliphatic rings. The number of carbonyl (C=O) groups excluding carboxylic acids is 1. The number of halogens is 1. The zero-order valence-corrected chi connectivity index (χ0v) is 19.0. The van der Waals surface area contributed by atoms with Gasteiger partial charge >= 0.3 is 0 Å². The molecule has 0 atom stereocenters. The Hall–Kier alpha value is -3.51. The number of nitrogens with one attached hydrogen (secondary N) is 1. The van der Waals surface area contributed by atoms with Crippen molar-refractivity contribution in [1.82, 2.24) is 5.43 Å². The molecule has 0 radical (unpaired) electrons. The minimum absolute atomic E-state index is 0.158. The minimum Gasteiger partial charge on any atom is -0.493 e. The van der Waals surface area contributed by atoms with Crippen molar-refractivity contribution in [3.8, 4) is 17.2 Å². The number of ether oxygens (including phenoxy) is 3. The van der Waals surface area contributed by atoms with Crippen LogP contribution in [0.5, 0.6) is 17.2 Å². The van der Waals surface area contributed by atoms with Crippen LogP contribution < -0.4 is 19.6 Å². The summed E-state index contributed by atoms with van der Waals surface area (Å²) >= 11 is 5.92. The molecule has 1 amide bonds. The van der Waals surface area contributed by atoms with E-state index in [0.29, 0.717) is 28.9 Å². The highest BCUT2D eigenvalue weighted by Crippen LogP contribution is 2.28. The average Bonchev–Trinajstić information content (AvgIpc) is 2.78. The number of methoxy groups -OCH3 is 1. The molecule has 0 unspecified atom stereocenters. The maximum atomic E-state index is 12.0. The normalized spacial score (nSPS) is 10.8. The second-order valence-corrected chi connectivity index (χ2v) is 7.55. The van der Waals surface area contributed by atoms with Gasteiger partial charge in [0.15, 0.2) is 18.1 Å². The summed E-state index contributed by atoms with van der Waals surface area (Å²) in [5.74, 6) is 1.43. The molecule has 7 heteroatoms. The van der Waals surface area contributed by atoms with Crippen LogP contribution in [0.2, 0.25) is 5.02 Å². The Labute approximate surface area is 192 Å². The highest BCUT2D eigenvalue weighted by molar-refractivity contribution is 6.30. The molecule has 3 aromatic carbocycles. The van der Waals surface area contributed by atoms with Crippen LogP contribution in [-0.2, 0) is 11.4 Å². The second kappa shape index (κ2) is 11.2. The van der Waals surface area contributed by atoms with Crippen LogP contribution in [-0.4, -0.2) is 25.8 Å². The van der Waals surface area contributed by atoms with E-state index in [9.17, 15) is 4.79 Å². The van der Waals surface area contributed by atoms with Gasteiger partial charge in [0, 0.05) is 5.02 Å². The van der Waals surface area contributed by atoms with Crippen molar-refractivity contribution in [3.05, 3.63) is 87.9 Å². The van der Waals surface area contributed by atoms with Crippen molar-refractivity contribution in [3.63, 3.8) is 0 Å². The number of hydrogen-bond donors (Lipinski definition) is 1. The maximum absolute atomic E-state index is 12.0. The van der Waals surface area contributed by atoms with Crippen molar-refractivity contribution < 1.29 is 19.0 Å². The third kappa shape index (κ3) is 6.49. The SMILES string of the molecule is COc1cc(/C=N/NC(=O)COc2ccc(Cl)cc2C)ccc1OCc1ccccc1C. The lowest BCUT2D eigenvalue weighted by Gasteiger charge is -2.12. The molecule has 0 aliphatic heterocycles. The van der Waals surface area contributed by atoms with E-state index < -0.39 is 0 Å². The summed E-state index contributed by atoms with van der Waals surface area (Å²) < 4.78 is 16.9. The van der Waals surface area contributed by atoms with Gasteiger partial charge in [-0.1, -0.05) is 35.9 Å². The first-order valence-electron chi connectivity index (χ1n) is 10.0. The molecule has 0 spiro atoms. The van der Waals surface area contributed by atoms with Gasteiger partial charge in [-0.15, -0.1) is 0 Å². The Morgan fingerprint density at radius 3 is 2.50 bits per heavy atom. The molecule has 32 heavy (non-hydrogen) atoms. The molecule has 0 saturated heterocycles. The van der Waals surface area contributed by atoms with Crippen molar-refractivity contribution in [1.29, 1.82) is 0 Å². The predicted molar refractivity (Wildman–Crippen MR) is 126 cm³/mol. The van der Waals surface area contributed by atoms with E-state index in [4.69, 9.17) is 25.8 Å². The number of nitrogens with zero attached hydrogens (tertiary/aromatic N) is 1. The van der Waals surface area contributed by atoms with E-state index in [1.54, 1.807) is 31.4 Å². The van der Waals surface area contributed by atoms with Crippen LogP contribution in [0.25, 0.3) is 0 Å². The van der Waals surface area contributed by atoms with E-state index >= 15 is 0 Å². The highest BCUT2D eigenvalue weighted by atomic mass is 35.5. The van der Waals surface area contributed by atoms with E-state index in [-0.39, 0.29) is 12.5 Å². The molecule has 3 rings (SSSR count). The van der Waals surface area contributed by atoms with Crippen LogP contribution in [0.4, 0.5) is 0 Å². The number of amides is 1. The van der Waals surface area contributed by atoms with E-state index in [1.807, 2.05) is 50.2 Å². The van der Waals surface area contributed by atoms with Crippen molar-refractivity contribution >= 4 is 23.7 Å². The topological polar surface area (TPSA) is 69.2 Å². The Morgan fingerprint density at radius 2 is 1.75 bits per heavy atom. The van der Waals surface area contributed by atoms with Crippen molar-refractivity contribution in [2.45, 2.75) is 20.5 Å². The van der Waals surface area contributed by atoms with E-state index in [2.05, 4.69) is 10.5 Å². The molecule has 0 saturated carbocycles. The van der Waals surface area contributed by atoms with Gasteiger partial charge in [0.1, 0.15) is 12.4 Å². The molecule has 1 N–H and O–H groups in total. The first-order valence-corrected chi connectivity index (χ1v) is 10.4. The van der Waals surface area contributed by atoms with Crippen LogP contribution in [0.3, 0.4) is 0 Å². The smallest absolute Gasteiger partial charge is 0.277 e. The Morgan fingerprint density at radius 1 is 0.969 bits per heavy atom. The fourth-order valence-electron chi connectivity index (χ4n) is 2.94. The van der Waals surface area contributed by atoms with Gasteiger partial charge in [0.05, 0.1) is 13.3 Å². The molecule has 3 aromatic rings. The number of carbonyl (C=O) groups is 1. The fraction of sp³-hybridized carbons (Fsp3) is 0.200. The largest absolute Gasteiger partial charge is 0.493 e. The molecule has 0 aliphatic carbocycles. The Bertz CT molecular complexity index is 1110. The lowest BCUT2D eigenvalue weighted by atomic mass is 10.1. The Kier molecular flexibility index (Phi) is 8.11. The van der Waals surface area contributed by atoms with Crippen LogP contribution in [0.15, 0.2) is 65.8 Å². The summed E-state index contributed by atoms with van der Waals surface area (Å²) in [7, 11) is 1.58. The summed E-state index contributed by atoms with van der Waals surface area (Å²) in [5, 5.41) is 4.60. The zero-order chi connectivity index (χ0) is 22.9. The summed E-state index contributed by atoms with van der Waals surface area (Å²) in [6, 6.07) is 18.7. The lowest BCUT2D eigenvalue weighted by Crippen LogP contribution is -2.24. The van der Waals surface area contributed by atoms with Crippen LogP contribution in [0, 0.1) is 13.8 Å². The average molecular weight is 453 g/mol. The molecule has 6 nitrogen and oxygen atoms in total. The minimum atomic E-state index is -0.374. The summed E-state index contributed by atoms with van der Waals surface area (Å²) in [6.07, 6.45) is 1.53. The molecule has 0 heterocycles. The Balaban J connectivity index is 1.53. The quantitative estimate of drug-likeness (QED) is 0.363. The number of rotatable bonds is 9. The number of hydrazone groups is 1. The van der Waals surface area contributed by atoms with Crippen molar-refractivity contribution in [2.75, 3.05) is 13.7 Å². The lowest BCUT2D eigenvalue weighted by molar-refractivity contribution is -0.123. The van der Waals surface area contributed by atoms with Gasteiger partial charge < -0.3 is 14.2 Å². The van der Waals surface area contributed by atoms with Gasteiger partial charge in [0.2, 0.25) is 0 Å². The zero-order valence-electron chi connectivity index (χ0n) is 18.2. The third-order valence-electron chi connectivity index (χ3n) is 4.73. The third-order valence-corrected chi connectivity index (χ3v) is 4.97. The molecular formula is C25H25ClN2O4. The van der Waals surface area contributed by atoms with E-state index in [1.165, 1.54) is 11.8 Å². The van der Waals surface area contributed by atoms with Gasteiger partial charge in [-0.3, -0.25) is 4.79 Å². The van der Waals surface area contributed by atoms with Crippen LogP contribution >= 0.6 is 11.6 Å². The number of hydrogen-bond acceptors (Lipinski definition) is 5. The number of benzene rings is 3. The molecule has 0 fully saturated rings. The van der Waals surface area contributed by atoms with Gasteiger partial charge in [-0.2, -0.15) is 5.10 Å². The first-order chi connectivity index (χ1) is 15.5. The summed E-state index contributed by atoms with van der Waals surface area (Å²) in [4.78, 5) is 12.0. The first kappa shape index (κ1) is 23.2. The standard InChI is InChI=1S/C25H25ClN2O4/c1-17-6-4-5-7-20(17)15-31-23-10-8-19(13-24(23)30-3)14-27-28-25(29)16-32-22-11-9-21(26)12-18(22)2/h4-14H,15-16H2,1-3H3,(H,28,29)/b27-14+. The van der Waals surface area contributed by atoms with Crippen LogP contribution in [0.1, 0.15) is 22.3 Å². The molecule has 0 bridgehead atoms. The highest BCUT2D eigenvalue weighted by Gasteiger charge is 2.07. The van der Waals surface area contributed by atoms with Gasteiger partial charge in [0.25, 0.3) is 5.91 Å². The summed E-state index contributed by atoms with van der Waals surface area (Å²) in [6.45, 7) is 4.19. The number of aryl methyl sites for hydroxylation is 2. The van der Waals surface area contributed by atoms with Gasteiger partial charge in [-0.25, -0.2) is 5.43 Å². The summed E-state index contributed by atoms with van der Waals surface area (Å²) in [5.41, 5.74) is 6.32. The van der Waals surface area contributed by atoms with Gasteiger partial charge in [-0.05, 0) is 72.5 Å². The maximum Gasteiger partial charge on any atom is 0.277 e. The van der Waals surface area contributed by atoms with Crippen molar-refractivity contribution in [2.24, 2.45) is 5.10 Å². The van der Waals surface area contributed by atoms with E-state index in [0.717, 1.165) is 16.7 Å². The molecule has 0 aromatic heterocycles. The molecule has 166 valence electrons. The monoisotopic (exact) mass is 452 g/mol.